The first-order valence-electron chi connectivity index (χ1n) is 7.37. The van der Waals surface area contributed by atoms with Crippen molar-refractivity contribution in [3.05, 3.63) is 36.0 Å². The lowest BCUT2D eigenvalue weighted by Crippen LogP contribution is -2.20. The van der Waals surface area contributed by atoms with Gasteiger partial charge in [0.2, 0.25) is 0 Å². The largest absolute Gasteiger partial charge is 0.381 e. The maximum absolute atomic E-state index is 11.2. The van der Waals surface area contributed by atoms with Gasteiger partial charge in [0.25, 0.3) is 0 Å². The van der Waals surface area contributed by atoms with Crippen molar-refractivity contribution in [3.8, 4) is 0 Å². The van der Waals surface area contributed by atoms with E-state index in [-0.39, 0.29) is 5.78 Å². The Bertz CT molecular complexity index is 608. The van der Waals surface area contributed by atoms with E-state index < -0.39 is 0 Å². The number of benzene rings is 1. The molecule has 1 aromatic carbocycles. The molecule has 0 aliphatic carbocycles. The minimum atomic E-state index is 0.214. The van der Waals surface area contributed by atoms with E-state index >= 15 is 0 Å². The predicted molar refractivity (Wildman–Crippen MR) is 79.9 cm³/mol. The summed E-state index contributed by atoms with van der Waals surface area (Å²) in [5.74, 6) is 0.933. The van der Waals surface area contributed by atoms with Gasteiger partial charge in [-0.1, -0.05) is 6.07 Å². The summed E-state index contributed by atoms with van der Waals surface area (Å²) in [6, 6.07) is 8.51. The van der Waals surface area contributed by atoms with E-state index in [2.05, 4.69) is 35.0 Å². The van der Waals surface area contributed by atoms with Crippen LogP contribution in [-0.2, 0) is 22.5 Å². The van der Waals surface area contributed by atoms with Crippen LogP contribution in [0.3, 0.4) is 0 Å². The topological polar surface area (TPSA) is 31.2 Å². The summed E-state index contributed by atoms with van der Waals surface area (Å²) in [5.41, 5.74) is 2.37. The van der Waals surface area contributed by atoms with Gasteiger partial charge in [-0.2, -0.15) is 0 Å². The van der Waals surface area contributed by atoms with E-state index in [0.717, 1.165) is 44.1 Å². The molecule has 0 N–H and O–H groups in total. The zero-order valence-corrected chi connectivity index (χ0v) is 12.0. The molecular formula is C17H21NO2. The van der Waals surface area contributed by atoms with E-state index in [9.17, 15) is 4.79 Å². The van der Waals surface area contributed by atoms with Gasteiger partial charge in [-0.25, -0.2) is 0 Å². The van der Waals surface area contributed by atoms with Gasteiger partial charge in [-0.3, -0.25) is 4.79 Å². The van der Waals surface area contributed by atoms with Crippen LogP contribution in [0.15, 0.2) is 30.5 Å². The second-order valence-corrected chi connectivity index (χ2v) is 5.80. The minimum absolute atomic E-state index is 0.214. The number of aromatic nitrogens is 1. The molecule has 1 aromatic heterocycles. The quantitative estimate of drug-likeness (QED) is 0.855. The fourth-order valence-electron chi connectivity index (χ4n) is 3.01. The molecule has 0 amide bonds. The molecule has 1 aliphatic heterocycles. The molecule has 106 valence electrons. The molecule has 0 atom stereocenters. The molecule has 20 heavy (non-hydrogen) atoms. The van der Waals surface area contributed by atoms with E-state index in [4.69, 9.17) is 4.74 Å². The fraction of sp³-hybridized carbons (Fsp3) is 0.471. The molecule has 0 unspecified atom stereocenters. The zero-order chi connectivity index (χ0) is 13.9. The third-order valence-electron chi connectivity index (χ3n) is 4.08. The predicted octanol–water partition coefficient (Wildman–Crippen LogP) is 3.20. The molecule has 0 radical (unpaired) electrons. The van der Waals surface area contributed by atoms with Crippen LogP contribution in [0.5, 0.6) is 0 Å². The van der Waals surface area contributed by atoms with Crippen LogP contribution in [0.4, 0.5) is 0 Å². The van der Waals surface area contributed by atoms with Crippen molar-refractivity contribution < 1.29 is 9.53 Å². The maximum Gasteiger partial charge on any atom is 0.134 e. The Hall–Kier alpha value is -1.61. The molecule has 3 heteroatoms. The molecule has 2 heterocycles. The lowest BCUT2D eigenvalue weighted by Gasteiger charge is -2.22. The maximum atomic E-state index is 11.2. The Morgan fingerprint density at radius 2 is 2.10 bits per heavy atom. The number of hydrogen-bond acceptors (Lipinski definition) is 2. The van der Waals surface area contributed by atoms with Crippen molar-refractivity contribution >= 4 is 16.7 Å². The van der Waals surface area contributed by atoms with Crippen LogP contribution in [0, 0.1) is 5.92 Å². The average molecular weight is 271 g/mol. The number of Topliss-reactive ketones (excluding diaryl/α,β-unsaturated/α-hetero) is 1. The van der Waals surface area contributed by atoms with E-state index in [0.29, 0.717) is 6.42 Å². The first-order valence-corrected chi connectivity index (χ1v) is 7.37. The highest BCUT2D eigenvalue weighted by Crippen LogP contribution is 2.22. The van der Waals surface area contributed by atoms with Gasteiger partial charge in [0.1, 0.15) is 5.78 Å². The van der Waals surface area contributed by atoms with Crippen molar-refractivity contribution in [1.82, 2.24) is 4.57 Å². The summed E-state index contributed by atoms with van der Waals surface area (Å²) >= 11 is 0. The molecule has 1 saturated heterocycles. The SMILES string of the molecule is CC(=O)Cc1ccc2c(ccn2CC2CCOCC2)c1. The van der Waals surface area contributed by atoms with E-state index in [1.165, 1.54) is 10.9 Å². The Morgan fingerprint density at radius 3 is 2.85 bits per heavy atom. The van der Waals surface area contributed by atoms with Crippen molar-refractivity contribution in [3.63, 3.8) is 0 Å². The Labute approximate surface area is 119 Å². The monoisotopic (exact) mass is 271 g/mol. The summed E-state index contributed by atoms with van der Waals surface area (Å²) < 4.78 is 7.75. The molecule has 0 bridgehead atoms. The highest BCUT2D eigenvalue weighted by molar-refractivity contribution is 5.84. The number of ketones is 1. The van der Waals surface area contributed by atoms with Crippen LogP contribution in [0.2, 0.25) is 0 Å². The molecule has 0 saturated carbocycles. The first-order chi connectivity index (χ1) is 9.72. The smallest absolute Gasteiger partial charge is 0.134 e. The third kappa shape index (κ3) is 2.93. The second kappa shape index (κ2) is 5.80. The Morgan fingerprint density at radius 1 is 1.30 bits per heavy atom. The van der Waals surface area contributed by atoms with Gasteiger partial charge in [0.05, 0.1) is 0 Å². The molecule has 1 fully saturated rings. The van der Waals surface area contributed by atoms with Crippen molar-refractivity contribution in [2.24, 2.45) is 5.92 Å². The van der Waals surface area contributed by atoms with Crippen molar-refractivity contribution in [2.75, 3.05) is 13.2 Å². The van der Waals surface area contributed by atoms with Gasteiger partial charge in [0, 0.05) is 37.9 Å². The summed E-state index contributed by atoms with van der Waals surface area (Å²) in [5, 5.41) is 1.23. The van der Waals surface area contributed by atoms with Crippen molar-refractivity contribution in [1.29, 1.82) is 0 Å². The molecule has 0 spiro atoms. The van der Waals surface area contributed by atoms with Gasteiger partial charge in [-0.05, 0) is 54.8 Å². The van der Waals surface area contributed by atoms with Gasteiger partial charge in [0.15, 0.2) is 0 Å². The van der Waals surface area contributed by atoms with Crippen LogP contribution >= 0.6 is 0 Å². The van der Waals surface area contributed by atoms with Crippen LogP contribution in [0.1, 0.15) is 25.3 Å². The number of rotatable bonds is 4. The number of carbonyl (C=O) groups is 1. The van der Waals surface area contributed by atoms with E-state index in [1.807, 2.05) is 0 Å². The second-order valence-electron chi connectivity index (χ2n) is 5.80. The first kappa shape index (κ1) is 13.4. The van der Waals surface area contributed by atoms with Gasteiger partial charge in [-0.15, -0.1) is 0 Å². The molecule has 3 rings (SSSR count). The van der Waals surface area contributed by atoms with Crippen LogP contribution < -0.4 is 0 Å². The summed E-state index contributed by atoms with van der Waals surface area (Å²) in [4.78, 5) is 11.2. The highest BCUT2D eigenvalue weighted by Gasteiger charge is 2.15. The average Bonchev–Trinajstić information content (AvgIpc) is 2.82. The molecule has 3 nitrogen and oxygen atoms in total. The van der Waals surface area contributed by atoms with E-state index in [1.54, 1.807) is 6.92 Å². The zero-order valence-electron chi connectivity index (χ0n) is 12.0. The third-order valence-corrected chi connectivity index (χ3v) is 4.08. The van der Waals surface area contributed by atoms with Crippen molar-refractivity contribution in [2.45, 2.75) is 32.7 Å². The number of carbonyl (C=O) groups excluding carboxylic acids is 1. The molecule has 1 aliphatic rings. The summed E-state index contributed by atoms with van der Waals surface area (Å²) in [6.07, 6.45) is 5.00. The normalized spacial score (nSPS) is 16.6. The Balaban J connectivity index is 1.80. The van der Waals surface area contributed by atoms with Crippen LogP contribution in [-0.4, -0.2) is 23.6 Å². The molecule has 2 aromatic rings. The summed E-state index contributed by atoms with van der Waals surface area (Å²) in [6.45, 7) is 4.50. The molecular weight excluding hydrogens is 250 g/mol. The number of fused-ring (bicyclic) bond motifs is 1. The minimum Gasteiger partial charge on any atom is -0.381 e. The summed E-state index contributed by atoms with van der Waals surface area (Å²) in [7, 11) is 0. The number of nitrogens with zero attached hydrogens (tertiary/aromatic N) is 1. The fourth-order valence-corrected chi connectivity index (χ4v) is 3.01. The Kier molecular flexibility index (Phi) is 3.88. The highest BCUT2D eigenvalue weighted by atomic mass is 16.5. The standard InChI is InChI=1S/C17H21NO2/c1-13(19)10-15-2-3-17-16(11-15)4-7-18(17)12-14-5-8-20-9-6-14/h2-4,7,11,14H,5-6,8-10,12H2,1H3. The van der Waals surface area contributed by atoms with Gasteiger partial charge >= 0.3 is 0 Å². The van der Waals surface area contributed by atoms with Gasteiger partial charge < -0.3 is 9.30 Å². The van der Waals surface area contributed by atoms with Crippen LogP contribution in [0.25, 0.3) is 10.9 Å². The lowest BCUT2D eigenvalue weighted by molar-refractivity contribution is -0.116. The lowest BCUT2D eigenvalue weighted by atomic mass is 10.0. The number of hydrogen-bond donors (Lipinski definition) is 0. The number of ether oxygens (including phenoxy) is 1.